The first-order valence-corrected chi connectivity index (χ1v) is 5.90. The van der Waals surface area contributed by atoms with E-state index in [0.29, 0.717) is 5.02 Å². The minimum atomic E-state index is -0.865. The summed E-state index contributed by atoms with van der Waals surface area (Å²) in [6, 6.07) is 9.34. The summed E-state index contributed by atoms with van der Waals surface area (Å²) in [6.07, 6.45) is 1.69. The average molecular weight is 267 g/mol. The molecule has 0 unspecified atom stereocenters. The molecule has 0 saturated heterocycles. The van der Waals surface area contributed by atoms with E-state index < -0.39 is 5.79 Å². The molecule has 1 aromatic heterocycles. The van der Waals surface area contributed by atoms with Gasteiger partial charge in [0, 0.05) is 20.4 Å². The van der Waals surface area contributed by atoms with Crippen molar-refractivity contribution in [1.82, 2.24) is 9.78 Å². The molecule has 1 heterocycles. The molecule has 0 aliphatic carbocycles. The van der Waals surface area contributed by atoms with E-state index in [0.717, 1.165) is 11.4 Å². The third kappa shape index (κ3) is 2.14. The van der Waals surface area contributed by atoms with Crippen LogP contribution in [0, 0.1) is 0 Å². The van der Waals surface area contributed by atoms with Gasteiger partial charge in [0.1, 0.15) is 5.69 Å². The van der Waals surface area contributed by atoms with Gasteiger partial charge < -0.3 is 9.47 Å². The third-order valence-corrected chi connectivity index (χ3v) is 3.29. The standard InChI is InChI=1S/C13H15ClN2O2/c1-13(17-2,18-3)12-8-9-15-16(12)11-7-5-4-6-10(11)14/h4-9H,1-3H3. The number of hydrogen-bond acceptors (Lipinski definition) is 3. The topological polar surface area (TPSA) is 36.3 Å². The molecule has 0 saturated carbocycles. The van der Waals surface area contributed by atoms with Crippen molar-refractivity contribution >= 4 is 11.6 Å². The molecule has 0 spiro atoms. The van der Waals surface area contributed by atoms with Crippen LogP contribution in [0.5, 0.6) is 0 Å². The summed E-state index contributed by atoms with van der Waals surface area (Å²) in [4.78, 5) is 0. The van der Waals surface area contributed by atoms with E-state index in [9.17, 15) is 0 Å². The van der Waals surface area contributed by atoms with Gasteiger partial charge in [-0.05, 0) is 25.1 Å². The minimum Gasteiger partial charge on any atom is -0.348 e. The van der Waals surface area contributed by atoms with Crippen LogP contribution in [0.1, 0.15) is 12.6 Å². The number of aromatic nitrogens is 2. The number of halogens is 1. The van der Waals surface area contributed by atoms with Crippen molar-refractivity contribution in [3.8, 4) is 5.69 Å². The van der Waals surface area contributed by atoms with E-state index >= 15 is 0 Å². The van der Waals surface area contributed by atoms with Crippen LogP contribution >= 0.6 is 11.6 Å². The fourth-order valence-electron chi connectivity index (χ4n) is 1.76. The van der Waals surface area contributed by atoms with E-state index in [-0.39, 0.29) is 0 Å². The van der Waals surface area contributed by atoms with Crippen LogP contribution in [0.4, 0.5) is 0 Å². The predicted molar refractivity (Wildman–Crippen MR) is 69.9 cm³/mol. The van der Waals surface area contributed by atoms with Gasteiger partial charge in [-0.2, -0.15) is 5.10 Å². The average Bonchev–Trinajstić information content (AvgIpc) is 2.88. The second-order valence-corrected chi connectivity index (χ2v) is 4.34. The van der Waals surface area contributed by atoms with Gasteiger partial charge in [0.15, 0.2) is 0 Å². The Hall–Kier alpha value is -1.36. The minimum absolute atomic E-state index is 0.622. The molecule has 4 nitrogen and oxygen atoms in total. The lowest BCUT2D eigenvalue weighted by Gasteiger charge is -2.27. The molecule has 0 atom stereocenters. The summed E-state index contributed by atoms with van der Waals surface area (Å²) >= 11 is 6.18. The van der Waals surface area contributed by atoms with Crippen LogP contribution in [0.2, 0.25) is 5.02 Å². The fraction of sp³-hybridized carbons (Fsp3) is 0.308. The van der Waals surface area contributed by atoms with Gasteiger partial charge in [0.05, 0.1) is 10.7 Å². The van der Waals surface area contributed by atoms with Crippen molar-refractivity contribution < 1.29 is 9.47 Å². The van der Waals surface area contributed by atoms with Crippen LogP contribution in [0.25, 0.3) is 5.69 Å². The fourth-order valence-corrected chi connectivity index (χ4v) is 1.97. The van der Waals surface area contributed by atoms with Gasteiger partial charge in [-0.1, -0.05) is 23.7 Å². The Morgan fingerprint density at radius 2 is 1.83 bits per heavy atom. The highest BCUT2D eigenvalue weighted by atomic mass is 35.5. The Bertz CT molecular complexity index is 535. The van der Waals surface area contributed by atoms with Gasteiger partial charge in [-0.3, -0.25) is 0 Å². The number of hydrogen-bond donors (Lipinski definition) is 0. The molecule has 0 amide bonds. The molecular weight excluding hydrogens is 252 g/mol. The Balaban J connectivity index is 2.55. The van der Waals surface area contributed by atoms with Crippen molar-refractivity contribution in [3.63, 3.8) is 0 Å². The second kappa shape index (κ2) is 5.10. The maximum Gasteiger partial charge on any atom is 0.208 e. The maximum atomic E-state index is 6.18. The summed E-state index contributed by atoms with van der Waals surface area (Å²) in [5.74, 6) is -0.865. The molecule has 18 heavy (non-hydrogen) atoms. The number of ether oxygens (including phenoxy) is 2. The summed E-state index contributed by atoms with van der Waals surface area (Å²) < 4.78 is 12.5. The number of methoxy groups -OCH3 is 2. The molecule has 2 rings (SSSR count). The van der Waals surface area contributed by atoms with Gasteiger partial charge in [0.2, 0.25) is 5.79 Å². The Morgan fingerprint density at radius 1 is 1.17 bits per heavy atom. The van der Waals surface area contributed by atoms with E-state index in [2.05, 4.69) is 5.10 Å². The smallest absolute Gasteiger partial charge is 0.208 e. The van der Waals surface area contributed by atoms with Gasteiger partial charge >= 0.3 is 0 Å². The molecule has 0 fully saturated rings. The molecule has 0 bridgehead atoms. The third-order valence-electron chi connectivity index (χ3n) is 2.97. The van der Waals surface area contributed by atoms with Gasteiger partial charge in [-0.15, -0.1) is 0 Å². The molecule has 2 aromatic rings. The number of nitrogens with zero attached hydrogens (tertiary/aromatic N) is 2. The van der Waals surface area contributed by atoms with Crippen molar-refractivity contribution in [1.29, 1.82) is 0 Å². The van der Waals surface area contributed by atoms with Crippen molar-refractivity contribution in [2.75, 3.05) is 14.2 Å². The Kier molecular flexibility index (Phi) is 3.71. The maximum absolute atomic E-state index is 6.18. The molecule has 0 radical (unpaired) electrons. The van der Waals surface area contributed by atoms with E-state index in [4.69, 9.17) is 21.1 Å². The first kappa shape index (κ1) is 13.1. The first-order valence-electron chi connectivity index (χ1n) is 5.52. The molecule has 0 aliphatic heterocycles. The largest absolute Gasteiger partial charge is 0.348 e. The molecule has 0 aliphatic rings. The zero-order valence-corrected chi connectivity index (χ0v) is 11.3. The summed E-state index contributed by atoms with van der Waals surface area (Å²) in [5.41, 5.74) is 1.57. The first-order chi connectivity index (χ1) is 8.62. The van der Waals surface area contributed by atoms with Crippen LogP contribution in [-0.2, 0) is 15.3 Å². The highest BCUT2D eigenvalue weighted by Crippen LogP contribution is 2.29. The highest BCUT2D eigenvalue weighted by Gasteiger charge is 2.30. The summed E-state index contributed by atoms with van der Waals surface area (Å²) in [7, 11) is 3.18. The monoisotopic (exact) mass is 266 g/mol. The van der Waals surface area contributed by atoms with Crippen molar-refractivity contribution in [2.24, 2.45) is 0 Å². The van der Waals surface area contributed by atoms with Crippen LogP contribution in [0.3, 0.4) is 0 Å². The number of benzene rings is 1. The molecule has 0 N–H and O–H groups in total. The normalized spacial score (nSPS) is 11.8. The second-order valence-electron chi connectivity index (χ2n) is 3.93. The number of para-hydroxylation sites is 1. The van der Waals surface area contributed by atoms with Crippen LogP contribution < -0.4 is 0 Å². The lowest BCUT2D eigenvalue weighted by molar-refractivity contribution is -0.205. The van der Waals surface area contributed by atoms with Gasteiger partial charge in [0.25, 0.3) is 0 Å². The highest BCUT2D eigenvalue weighted by molar-refractivity contribution is 6.32. The van der Waals surface area contributed by atoms with E-state index in [1.165, 1.54) is 0 Å². The predicted octanol–water partition coefficient (Wildman–Crippen LogP) is 2.99. The van der Waals surface area contributed by atoms with Gasteiger partial charge in [-0.25, -0.2) is 4.68 Å². The van der Waals surface area contributed by atoms with Crippen molar-refractivity contribution in [3.05, 3.63) is 47.2 Å². The van der Waals surface area contributed by atoms with Crippen LogP contribution in [-0.4, -0.2) is 24.0 Å². The lowest BCUT2D eigenvalue weighted by atomic mass is 10.2. The lowest BCUT2D eigenvalue weighted by Crippen LogP contribution is -2.29. The zero-order valence-electron chi connectivity index (χ0n) is 10.6. The number of rotatable bonds is 4. The quantitative estimate of drug-likeness (QED) is 0.798. The Labute approximate surface area is 111 Å². The van der Waals surface area contributed by atoms with E-state index in [1.54, 1.807) is 25.1 Å². The zero-order chi connectivity index (χ0) is 13.2. The molecule has 96 valence electrons. The Morgan fingerprint density at radius 3 is 2.44 bits per heavy atom. The molecular formula is C13H15ClN2O2. The van der Waals surface area contributed by atoms with Crippen LogP contribution in [0.15, 0.2) is 36.5 Å². The van der Waals surface area contributed by atoms with Crippen molar-refractivity contribution in [2.45, 2.75) is 12.7 Å². The summed E-state index contributed by atoms with van der Waals surface area (Å²) in [6.45, 7) is 1.83. The SMILES string of the molecule is COC(C)(OC)c1ccnn1-c1ccccc1Cl. The summed E-state index contributed by atoms with van der Waals surface area (Å²) in [5, 5.41) is 4.90. The molecule has 5 heteroatoms. The van der Waals surface area contributed by atoms with E-state index in [1.807, 2.05) is 37.3 Å². The molecule has 1 aromatic carbocycles.